The third-order valence-electron chi connectivity index (χ3n) is 4.37. The molecule has 1 atom stereocenters. The average molecular weight is 379 g/mol. The van der Waals surface area contributed by atoms with Crippen LogP contribution in [0.1, 0.15) is 24.7 Å². The summed E-state index contributed by atoms with van der Waals surface area (Å²) in [6.45, 7) is 3.64. The summed E-state index contributed by atoms with van der Waals surface area (Å²) in [5, 5.41) is 12.0. The first-order valence-electron chi connectivity index (χ1n) is 8.70. The van der Waals surface area contributed by atoms with Gasteiger partial charge in [0.2, 0.25) is 11.8 Å². The Morgan fingerprint density at radius 1 is 1.07 bits per heavy atom. The molecule has 2 aromatic heterocycles. The summed E-state index contributed by atoms with van der Waals surface area (Å²) in [5.74, 6) is 1.88. The summed E-state index contributed by atoms with van der Waals surface area (Å²) in [6, 6.07) is 9.85. The van der Waals surface area contributed by atoms with Crippen LogP contribution in [0.4, 0.5) is 10.2 Å². The van der Waals surface area contributed by atoms with Gasteiger partial charge in [-0.2, -0.15) is 0 Å². The van der Waals surface area contributed by atoms with Crippen molar-refractivity contribution < 1.29 is 13.5 Å². The van der Waals surface area contributed by atoms with Gasteiger partial charge in [0.25, 0.3) is 0 Å². The van der Waals surface area contributed by atoms with Gasteiger partial charge in [-0.1, -0.05) is 12.1 Å². The molecule has 1 N–H and O–H groups in total. The molecule has 4 aromatic rings. The van der Waals surface area contributed by atoms with Crippen LogP contribution in [0.5, 0.6) is 5.75 Å². The fourth-order valence-electron chi connectivity index (χ4n) is 2.97. The van der Waals surface area contributed by atoms with Gasteiger partial charge in [0.1, 0.15) is 35.3 Å². The Bertz CT molecular complexity index is 1130. The lowest BCUT2D eigenvalue weighted by Gasteiger charge is -2.15. The molecule has 7 nitrogen and oxygen atoms in total. The molecule has 0 spiro atoms. The molecule has 1 unspecified atom stereocenters. The first-order valence-corrected chi connectivity index (χ1v) is 8.70. The maximum atomic E-state index is 13.3. The number of rotatable bonds is 5. The molecule has 8 heteroatoms. The zero-order valence-corrected chi connectivity index (χ0v) is 15.6. The van der Waals surface area contributed by atoms with E-state index in [4.69, 9.17) is 9.15 Å². The Hall–Kier alpha value is -3.55. The first-order chi connectivity index (χ1) is 13.5. The van der Waals surface area contributed by atoms with Crippen LogP contribution in [-0.4, -0.2) is 27.3 Å². The zero-order valence-electron chi connectivity index (χ0n) is 15.6. The van der Waals surface area contributed by atoms with E-state index in [0.717, 1.165) is 16.5 Å². The first kappa shape index (κ1) is 17.8. The third kappa shape index (κ3) is 3.36. The van der Waals surface area contributed by atoms with Crippen LogP contribution in [0, 0.1) is 12.7 Å². The van der Waals surface area contributed by atoms with Gasteiger partial charge in [-0.25, -0.2) is 14.4 Å². The predicted octanol–water partition coefficient (Wildman–Crippen LogP) is 4.31. The van der Waals surface area contributed by atoms with Crippen molar-refractivity contribution in [3.63, 3.8) is 0 Å². The molecular weight excluding hydrogens is 361 g/mol. The number of nitrogens with one attached hydrogen (secondary N) is 1. The van der Waals surface area contributed by atoms with Crippen LogP contribution in [0.15, 0.2) is 47.1 Å². The van der Waals surface area contributed by atoms with Crippen molar-refractivity contribution in [3.05, 3.63) is 60.3 Å². The molecule has 0 radical (unpaired) electrons. The van der Waals surface area contributed by atoms with Crippen LogP contribution >= 0.6 is 0 Å². The highest BCUT2D eigenvalue weighted by Crippen LogP contribution is 2.34. The third-order valence-corrected chi connectivity index (χ3v) is 4.37. The smallest absolute Gasteiger partial charge is 0.238 e. The zero-order chi connectivity index (χ0) is 19.7. The molecule has 2 aromatic carbocycles. The van der Waals surface area contributed by atoms with E-state index in [0.29, 0.717) is 28.9 Å². The van der Waals surface area contributed by atoms with Gasteiger partial charge >= 0.3 is 0 Å². The highest BCUT2D eigenvalue weighted by Gasteiger charge is 2.17. The van der Waals surface area contributed by atoms with E-state index in [-0.39, 0.29) is 11.9 Å². The molecule has 28 heavy (non-hydrogen) atoms. The fourth-order valence-corrected chi connectivity index (χ4v) is 2.97. The van der Waals surface area contributed by atoms with Crippen LogP contribution in [0.2, 0.25) is 0 Å². The summed E-state index contributed by atoms with van der Waals surface area (Å²) in [5.41, 5.74) is 2.39. The Morgan fingerprint density at radius 3 is 2.54 bits per heavy atom. The second kappa shape index (κ2) is 7.22. The van der Waals surface area contributed by atoms with Crippen molar-refractivity contribution in [1.29, 1.82) is 0 Å². The monoisotopic (exact) mass is 379 g/mol. The molecule has 142 valence electrons. The summed E-state index contributed by atoms with van der Waals surface area (Å²) < 4.78 is 24.3. The van der Waals surface area contributed by atoms with Crippen molar-refractivity contribution in [2.24, 2.45) is 0 Å². The number of halogens is 1. The number of ether oxygens (including phenoxy) is 1. The molecular formula is C20H18FN5O2. The highest BCUT2D eigenvalue weighted by molar-refractivity contribution is 5.96. The maximum Gasteiger partial charge on any atom is 0.238 e. The van der Waals surface area contributed by atoms with Crippen molar-refractivity contribution >= 4 is 16.7 Å². The van der Waals surface area contributed by atoms with E-state index in [9.17, 15) is 4.39 Å². The fraction of sp³-hybridized carbons (Fsp3) is 0.200. The molecule has 0 fully saturated rings. The average Bonchev–Trinajstić information content (AvgIpc) is 3.14. The van der Waals surface area contributed by atoms with Crippen LogP contribution in [0.3, 0.4) is 0 Å². The van der Waals surface area contributed by atoms with Gasteiger partial charge in [-0.15, -0.1) is 10.2 Å². The minimum atomic E-state index is -0.286. The van der Waals surface area contributed by atoms with Crippen molar-refractivity contribution in [3.8, 4) is 16.9 Å². The number of hydrogen-bond donors (Lipinski definition) is 1. The molecule has 0 bridgehead atoms. The minimum absolute atomic E-state index is 0.250. The van der Waals surface area contributed by atoms with Gasteiger partial charge < -0.3 is 14.5 Å². The van der Waals surface area contributed by atoms with E-state index in [2.05, 4.69) is 25.5 Å². The molecule has 0 saturated carbocycles. The van der Waals surface area contributed by atoms with Crippen LogP contribution in [-0.2, 0) is 0 Å². The van der Waals surface area contributed by atoms with Gasteiger partial charge in [-0.3, -0.25) is 0 Å². The van der Waals surface area contributed by atoms with Gasteiger partial charge in [0.05, 0.1) is 7.11 Å². The van der Waals surface area contributed by atoms with Crippen molar-refractivity contribution in [2.45, 2.75) is 19.9 Å². The van der Waals surface area contributed by atoms with Crippen molar-refractivity contribution in [1.82, 2.24) is 20.2 Å². The lowest BCUT2D eigenvalue weighted by molar-refractivity contribution is 0.419. The number of aryl methyl sites for hydroxylation is 1. The predicted molar refractivity (Wildman–Crippen MR) is 103 cm³/mol. The molecule has 4 rings (SSSR count). The summed E-state index contributed by atoms with van der Waals surface area (Å²) in [6.07, 6.45) is 1.47. The van der Waals surface area contributed by atoms with Crippen molar-refractivity contribution in [2.75, 3.05) is 12.4 Å². The van der Waals surface area contributed by atoms with Gasteiger partial charge in [0, 0.05) is 12.3 Å². The summed E-state index contributed by atoms with van der Waals surface area (Å²) in [7, 11) is 1.59. The van der Waals surface area contributed by atoms with E-state index >= 15 is 0 Å². The number of benzene rings is 2. The van der Waals surface area contributed by atoms with E-state index in [1.807, 2.05) is 19.1 Å². The van der Waals surface area contributed by atoms with E-state index < -0.39 is 0 Å². The number of methoxy groups -OCH3 is 1. The SMILES string of the molecule is COc1cc(-c2ccc(F)cc2)cc2c(NC(C)c3nnc(C)o3)ncnc12. The Labute approximate surface area is 160 Å². The Morgan fingerprint density at radius 2 is 1.86 bits per heavy atom. The number of nitrogens with zero attached hydrogens (tertiary/aromatic N) is 4. The van der Waals surface area contributed by atoms with Crippen LogP contribution < -0.4 is 10.1 Å². The summed E-state index contributed by atoms with van der Waals surface area (Å²) >= 11 is 0. The number of aromatic nitrogens is 4. The minimum Gasteiger partial charge on any atom is -0.494 e. The molecule has 0 aliphatic heterocycles. The number of anilines is 1. The molecule has 2 heterocycles. The lowest BCUT2D eigenvalue weighted by atomic mass is 10.0. The second-order valence-corrected chi connectivity index (χ2v) is 6.33. The lowest BCUT2D eigenvalue weighted by Crippen LogP contribution is -2.09. The molecule has 0 aliphatic carbocycles. The molecule has 0 amide bonds. The van der Waals surface area contributed by atoms with Gasteiger partial charge in [-0.05, 0) is 42.3 Å². The second-order valence-electron chi connectivity index (χ2n) is 6.33. The summed E-state index contributed by atoms with van der Waals surface area (Å²) in [4.78, 5) is 8.73. The quantitative estimate of drug-likeness (QED) is 0.553. The maximum absolute atomic E-state index is 13.3. The molecule has 0 saturated heterocycles. The topological polar surface area (TPSA) is 86.0 Å². The largest absolute Gasteiger partial charge is 0.494 e. The number of hydrogen-bond acceptors (Lipinski definition) is 7. The Balaban J connectivity index is 1.80. The number of fused-ring (bicyclic) bond motifs is 1. The normalized spacial score (nSPS) is 12.1. The molecule has 0 aliphatic rings. The highest BCUT2D eigenvalue weighted by atomic mass is 19.1. The van der Waals surface area contributed by atoms with E-state index in [1.54, 1.807) is 26.2 Å². The Kier molecular flexibility index (Phi) is 4.60. The van der Waals surface area contributed by atoms with Crippen LogP contribution in [0.25, 0.3) is 22.0 Å². The standard InChI is InChI=1S/C20H18FN5O2/c1-11(20-26-25-12(2)28-20)24-19-16-8-14(13-4-6-15(21)7-5-13)9-17(27-3)18(16)22-10-23-19/h4-11H,1-3H3,(H,22,23,24). The van der Waals surface area contributed by atoms with Gasteiger partial charge in [0.15, 0.2) is 0 Å². The van der Waals surface area contributed by atoms with E-state index in [1.165, 1.54) is 18.5 Å².